The molecule has 3 aromatic heterocycles. The SMILES string of the molecule is CC(C)Oc1ncc(C(=O)Nc2c(-c3cc[nH]n3)ccnc2C2CCC(F)(F)CC2)cc1F. The third-order valence-corrected chi connectivity index (χ3v) is 5.52. The van der Waals surface area contributed by atoms with Gasteiger partial charge in [-0.05, 0) is 44.9 Å². The first-order valence-electron chi connectivity index (χ1n) is 10.7. The molecule has 0 saturated heterocycles. The van der Waals surface area contributed by atoms with Gasteiger partial charge in [-0.25, -0.2) is 18.2 Å². The average molecular weight is 459 g/mol. The molecule has 3 heterocycles. The number of H-pyrrole nitrogens is 1. The van der Waals surface area contributed by atoms with Crippen LogP contribution >= 0.6 is 0 Å². The van der Waals surface area contributed by atoms with Crippen LogP contribution in [0, 0.1) is 5.82 Å². The van der Waals surface area contributed by atoms with Crippen LogP contribution in [-0.4, -0.2) is 38.1 Å². The number of halogens is 3. The number of amides is 1. The largest absolute Gasteiger partial charge is 0.473 e. The number of carbonyl (C=O) groups excluding carboxylic acids is 1. The van der Waals surface area contributed by atoms with Crippen LogP contribution in [0.5, 0.6) is 5.88 Å². The molecule has 0 aromatic carbocycles. The zero-order chi connectivity index (χ0) is 23.6. The second-order valence-corrected chi connectivity index (χ2v) is 8.34. The number of nitrogens with zero attached hydrogens (tertiary/aromatic N) is 3. The van der Waals surface area contributed by atoms with Crippen LogP contribution < -0.4 is 10.1 Å². The summed E-state index contributed by atoms with van der Waals surface area (Å²) >= 11 is 0. The molecular formula is C23H24F3N5O2. The van der Waals surface area contributed by atoms with Gasteiger partial charge in [0.25, 0.3) is 11.8 Å². The minimum atomic E-state index is -2.69. The van der Waals surface area contributed by atoms with Crippen molar-refractivity contribution in [3.63, 3.8) is 0 Å². The minimum absolute atomic E-state index is 0.0124. The highest BCUT2D eigenvalue weighted by atomic mass is 19.3. The van der Waals surface area contributed by atoms with Crippen molar-refractivity contribution in [2.75, 3.05) is 5.32 Å². The van der Waals surface area contributed by atoms with E-state index in [4.69, 9.17) is 4.74 Å². The van der Waals surface area contributed by atoms with Crippen molar-refractivity contribution in [1.82, 2.24) is 20.2 Å². The molecule has 1 saturated carbocycles. The Morgan fingerprint density at radius 1 is 1.24 bits per heavy atom. The van der Waals surface area contributed by atoms with Crippen LogP contribution in [0.15, 0.2) is 36.8 Å². The van der Waals surface area contributed by atoms with Gasteiger partial charge in [-0.1, -0.05) is 0 Å². The van der Waals surface area contributed by atoms with Crippen molar-refractivity contribution < 1.29 is 22.7 Å². The Morgan fingerprint density at radius 2 is 2.00 bits per heavy atom. The number of ether oxygens (including phenoxy) is 1. The standard InChI is InChI=1S/C23H24F3N5O2/c1-13(2)33-22-17(24)11-15(12-28-22)21(32)30-20-16(18-6-10-29-31-18)5-9-27-19(20)14-3-7-23(25,26)8-4-14/h5-6,9-14H,3-4,7-8H2,1-2H3,(H,29,31)(H,30,32). The summed E-state index contributed by atoms with van der Waals surface area (Å²) in [4.78, 5) is 21.4. The van der Waals surface area contributed by atoms with E-state index in [2.05, 4.69) is 25.5 Å². The number of rotatable bonds is 6. The maximum absolute atomic E-state index is 14.4. The molecule has 1 fully saturated rings. The number of aromatic nitrogens is 4. The molecule has 174 valence electrons. The molecule has 4 rings (SSSR count). The summed E-state index contributed by atoms with van der Waals surface area (Å²) in [6.45, 7) is 3.48. The normalized spacial score (nSPS) is 16.1. The second kappa shape index (κ2) is 9.21. The monoisotopic (exact) mass is 459 g/mol. The highest BCUT2D eigenvalue weighted by molar-refractivity contribution is 6.06. The van der Waals surface area contributed by atoms with E-state index in [0.717, 1.165) is 6.07 Å². The van der Waals surface area contributed by atoms with Crippen LogP contribution in [0.3, 0.4) is 0 Å². The quantitative estimate of drug-likeness (QED) is 0.519. The number of anilines is 1. The van der Waals surface area contributed by atoms with Crippen LogP contribution in [0.1, 0.15) is 61.5 Å². The number of aromatic amines is 1. The first-order chi connectivity index (χ1) is 15.7. The maximum atomic E-state index is 14.4. The van der Waals surface area contributed by atoms with E-state index in [9.17, 15) is 18.0 Å². The predicted molar refractivity (Wildman–Crippen MR) is 116 cm³/mol. The fraction of sp³-hybridized carbons (Fsp3) is 0.391. The average Bonchev–Trinajstić information content (AvgIpc) is 3.30. The molecule has 10 heteroatoms. The molecule has 2 N–H and O–H groups in total. The van der Waals surface area contributed by atoms with Crippen molar-refractivity contribution in [3.8, 4) is 17.1 Å². The molecule has 0 radical (unpaired) electrons. The predicted octanol–water partition coefficient (Wildman–Crippen LogP) is 5.34. The topological polar surface area (TPSA) is 92.8 Å². The Kier molecular flexibility index (Phi) is 6.35. The molecule has 0 unspecified atom stereocenters. The number of nitrogens with one attached hydrogen (secondary N) is 2. The molecule has 7 nitrogen and oxygen atoms in total. The van der Waals surface area contributed by atoms with E-state index in [1.165, 1.54) is 6.20 Å². The smallest absolute Gasteiger partial charge is 0.257 e. The van der Waals surface area contributed by atoms with Gasteiger partial charge in [0.2, 0.25) is 5.92 Å². The van der Waals surface area contributed by atoms with Crippen molar-refractivity contribution in [1.29, 1.82) is 0 Å². The van der Waals surface area contributed by atoms with Crippen LogP contribution in [-0.2, 0) is 0 Å². The third kappa shape index (κ3) is 5.15. The van der Waals surface area contributed by atoms with Crippen molar-refractivity contribution in [2.24, 2.45) is 0 Å². The molecule has 0 atom stereocenters. The zero-order valence-corrected chi connectivity index (χ0v) is 18.2. The summed E-state index contributed by atoms with van der Waals surface area (Å²) in [6.07, 6.45) is 4.15. The second-order valence-electron chi connectivity index (χ2n) is 8.34. The first-order valence-corrected chi connectivity index (χ1v) is 10.7. The minimum Gasteiger partial charge on any atom is -0.473 e. The number of pyridine rings is 2. The van der Waals surface area contributed by atoms with E-state index in [1.807, 2.05) is 0 Å². The number of carbonyl (C=O) groups is 1. The first kappa shape index (κ1) is 22.8. The van der Waals surface area contributed by atoms with Gasteiger partial charge in [0, 0.05) is 42.9 Å². The Balaban J connectivity index is 1.67. The lowest BCUT2D eigenvalue weighted by atomic mass is 9.83. The molecule has 3 aromatic rings. The molecule has 0 aliphatic heterocycles. The Bertz CT molecular complexity index is 1130. The van der Waals surface area contributed by atoms with Crippen LogP contribution in [0.4, 0.5) is 18.9 Å². The summed E-state index contributed by atoms with van der Waals surface area (Å²) in [6, 6.07) is 4.46. The Labute approximate surface area is 188 Å². The van der Waals surface area contributed by atoms with Gasteiger partial charge < -0.3 is 10.1 Å². The van der Waals surface area contributed by atoms with E-state index in [1.54, 1.807) is 38.4 Å². The molecule has 1 amide bonds. The lowest BCUT2D eigenvalue weighted by molar-refractivity contribution is -0.0384. The van der Waals surface area contributed by atoms with Gasteiger partial charge in [0.1, 0.15) is 0 Å². The summed E-state index contributed by atoms with van der Waals surface area (Å²) in [5.74, 6) is -4.50. The van der Waals surface area contributed by atoms with E-state index >= 15 is 0 Å². The highest BCUT2D eigenvalue weighted by Gasteiger charge is 2.37. The molecule has 1 aliphatic rings. The van der Waals surface area contributed by atoms with Crippen molar-refractivity contribution in [3.05, 3.63) is 53.9 Å². The van der Waals surface area contributed by atoms with Gasteiger partial charge in [-0.3, -0.25) is 14.9 Å². The Morgan fingerprint density at radius 3 is 2.64 bits per heavy atom. The van der Waals surface area contributed by atoms with Gasteiger partial charge in [-0.15, -0.1) is 0 Å². The highest BCUT2D eigenvalue weighted by Crippen LogP contribution is 2.44. The fourth-order valence-corrected chi connectivity index (χ4v) is 3.90. The van der Waals surface area contributed by atoms with Gasteiger partial charge in [0.15, 0.2) is 5.82 Å². The Hall–Kier alpha value is -3.43. The van der Waals surface area contributed by atoms with E-state index in [-0.39, 0.29) is 49.1 Å². The molecule has 33 heavy (non-hydrogen) atoms. The molecular weight excluding hydrogens is 435 g/mol. The van der Waals surface area contributed by atoms with Gasteiger partial charge in [-0.2, -0.15) is 5.10 Å². The van der Waals surface area contributed by atoms with E-state index in [0.29, 0.717) is 22.6 Å². The van der Waals surface area contributed by atoms with Crippen LogP contribution in [0.25, 0.3) is 11.3 Å². The zero-order valence-electron chi connectivity index (χ0n) is 18.2. The maximum Gasteiger partial charge on any atom is 0.257 e. The summed E-state index contributed by atoms with van der Waals surface area (Å²) < 4.78 is 47.1. The van der Waals surface area contributed by atoms with Gasteiger partial charge in [0.05, 0.1) is 28.7 Å². The third-order valence-electron chi connectivity index (χ3n) is 5.52. The fourth-order valence-electron chi connectivity index (χ4n) is 3.90. The number of hydrogen-bond acceptors (Lipinski definition) is 5. The van der Waals surface area contributed by atoms with Crippen molar-refractivity contribution >= 4 is 11.6 Å². The number of alkyl halides is 2. The molecule has 1 aliphatic carbocycles. The van der Waals surface area contributed by atoms with Gasteiger partial charge >= 0.3 is 0 Å². The van der Waals surface area contributed by atoms with Crippen LogP contribution in [0.2, 0.25) is 0 Å². The molecule has 0 bridgehead atoms. The van der Waals surface area contributed by atoms with Crippen molar-refractivity contribution in [2.45, 2.75) is 57.5 Å². The van der Waals surface area contributed by atoms with E-state index < -0.39 is 17.6 Å². The molecule has 0 spiro atoms. The lowest BCUT2D eigenvalue weighted by Crippen LogP contribution is -2.25. The summed E-state index contributed by atoms with van der Waals surface area (Å²) in [5.41, 5.74) is 2.00. The lowest BCUT2D eigenvalue weighted by Gasteiger charge is -2.29. The number of hydrogen-bond donors (Lipinski definition) is 2. The summed E-state index contributed by atoms with van der Waals surface area (Å²) in [5, 5.41) is 9.70. The summed E-state index contributed by atoms with van der Waals surface area (Å²) in [7, 11) is 0.